The van der Waals surface area contributed by atoms with E-state index < -0.39 is 35.7 Å². The average molecular weight is 735 g/mol. The lowest BCUT2D eigenvalue weighted by Gasteiger charge is -2.27. The van der Waals surface area contributed by atoms with Crippen LogP contribution in [0.25, 0.3) is 16.7 Å². The molecule has 54 heavy (non-hydrogen) atoms. The molecule has 0 radical (unpaired) electrons. The molecule has 16 heteroatoms. The Morgan fingerprint density at radius 3 is 2.54 bits per heavy atom. The SMILES string of the molecule is CC(C)(C)c1cc(NC(=O)Nc2ccc(-n3cnc4cc(OCCOCCNc5cccc6c5C(=O)N(C5CCC(=O)NC5=O)C6=O)ccc43)cc2)no1. The molecule has 0 aliphatic carbocycles. The number of nitrogens with zero attached hydrogens (tertiary/aromatic N) is 4. The van der Waals surface area contributed by atoms with E-state index in [0.29, 0.717) is 48.5 Å². The van der Waals surface area contributed by atoms with Gasteiger partial charge in [0.05, 0.1) is 35.4 Å². The van der Waals surface area contributed by atoms with Gasteiger partial charge in [0.2, 0.25) is 11.8 Å². The summed E-state index contributed by atoms with van der Waals surface area (Å²) in [5.41, 5.74) is 3.70. The lowest BCUT2D eigenvalue weighted by molar-refractivity contribution is -0.136. The van der Waals surface area contributed by atoms with E-state index in [-0.39, 0.29) is 36.0 Å². The Bertz CT molecular complexity index is 2260. The van der Waals surface area contributed by atoms with Crippen molar-refractivity contribution >= 4 is 57.9 Å². The number of imidazole rings is 1. The predicted octanol–water partition coefficient (Wildman–Crippen LogP) is 4.86. The minimum Gasteiger partial charge on any atom is -0.491 e. The Labute approximate surface area is 309 Å². The number of aromatic nitrogens is 3. The molecule has 0 saturated carbocycles. The first-order valence-corrected chi connectivity index (χ1v) is 17.4. The highest BCUT2D eigenvalue weighted by Crippen LogP contribution is 2.32. The molecule has 16 nitrogen and oxygen atoms in total. The second-order valence-electron chi connectivity index (χ2n) is 13.8. The van der Waals surface area contributed by atoms with Gasteiger partial charge in [0.15, 0.2) is 5.82 Å². The van der Waals surface area contributed by atoms with Gasteiger partial charge >= 0.3 is 6.03 Å². The summed E-state index contributed by atoms with van der Waals surface area (Å²) in [6.45, 7) is 7.23. The van der Waals surface area contributed by atoms with E-state index in [1.54, 1.807) is 42.7 Å². The van der Waals surface area contributed by atoms with Crippen LogP contribution in [0, 0.1) is 0 Å². The van der Waals surface area contributed by atoms with E-state index in [9.17, 15) is 24.0 Å². The molecule has 5 aromatic rings. The molecule has 0 bridgehead atoms. The van der Waals surface area contributed by atoms with Crippen molar-refractivity contribution in [2.75, 3.05) is 42.3 Å². The van der Waals surface area contributed by atoms with E-state index in [2.05, 4.69) is 31.4 Å². The fourth-order valence-corrected chi connectivity index (χ4v) is 6.20. The number of urea groups is 1. The Morgan fingerprint density at radius 1 is 0.963 bits per heavy atom. The Hall–Kier alpha value is -6.55. The van der Waals surface area contributed by atoms with Crippen molar-refractivity contribution < 1.29 is 38.0 Å². The minimum absolute atomic E-state index is 0.0550. The maximum atomic E-state index is 13.3. The number of amides is 6. The van der Waals surface area contributed by atoms with Crippen molar-refractivity contribution in [1.82, 2.24) is 24.9 Å². The van der Waals surface area contributed by atoms with E-state index in [0.717, 1.165) is 21.6 Å². The van der Waals surface area contributed by atoms with Gasteiger partial charge in [0.25, 0.3) is 11.8 Å². The Balaban J connectivity index is 0.859. The maximum absolute atomic E-state index is 13.3. The number of rotatable bonds is 12. The molecule has 2 aliphatic heterocycles. The number of hydrogen-bond donors (Lipinski definition) is 4. The quantitative estimate of drug-likeness (QED) is 0.101. The van der Waals surface area contributed by atoms with E-state index in [1.807, 2.05) is 55.7 Å². The van der Waals surface area contributed by atoms with Crippen molar-refractivity contribution in [1.29, 1.82) is 0 Å². The van der Waals surface area contributed by atoms with Gasteiger partial charge in [-0.2, -0.15) is 0 Å². The summed E-state index contributed by atoms with van der Waals surface area (Å²) in [6.07, 6.45) is 1.86. The van der Waals surface area contributed by atoms with E-state index in [4.69, 9.17) is 14.0 Å². The molecule has 1 unspecified atom stereocenters. The zero-order valence-electron chi connectivity index (χ0n) is 29.8. The molecule has 3 aromatic carbocycles. The van der Waals surface area contributed by atoms with Crippen LogP contribution in [-0.4, -0.2) is 81.7 Å². The molecule has 2 aliphatic rings. The van der Waals surface area contributed by atoms with Crippen LogP contribution in [-0.2, 0) is 19.7 Å². The monoisotopic (exact) mass is 734 g/mol. The topological polar surface area (TPSA) is 199 Å². The fourth-order valence-electron chi connectivity index (χ4n) is 6.20. The fraction of sp³-hybridized carbons (Fsp3) is 0.289. The summed E-state index contributed by atoms with van der Waals surface area (Å²) in [4.78, 5) is 68.2. The van der Waals surface area contributed by atoms with Crippen molar-refractivity contribution in [3.63, 3.8) is 0 Å². The third kappa shape index (κ3) is 7.50. The third-order valence-corrected chi connectivity index (χ3v) is 8.94. The molecule has 6 amide bonds. The normalized spacial score (nSPS) is 15.7. The maximum Gasteiger partial charge on any atom is 0.324 e. The van der Waals surface area contributed by atoms with E-state index >= 15 is 0 Å². The summed E-state index contributed by atoms with van der Waals surface area (Å²) < 4.78 is 18.9. The first-order chi connectivity index (χ1) is 26.0. The third-order valence-electron chi connectivity index (χ3n) is 8.94. The molecule has 4 N–H and O–H groups in total. The molecule has 1 fully saturated rings. The van der Waals surface area contributed by atoms with Crippen LogP contribution in [0.5, 0.6) is 5.75 Å². The molecule has 1 atom stereocenters. The number of carbonyl (C=O) groups excluding carboxylic acids is 5. The molecule has 4 heterocycles. The first kappa shape index (κ1) is 35.8. The summed E-state index contributed by atoms with van der Waals surface area (Å²) >= 11 is 0. The van der Waals surface area contributed by atoms with Crippen LogP contribution in [0.3, 0.4) is 0 Å². The van der Waals surface area contributed by atoms with Crippen molar-refractivity contribution in [3.05, 3.63) is 89.9 Å². The van der Waals surface area contributed by atoms with Gasteiger partial charge in [0.1, 0.15) is 30.5 Å². The van der Waals surface area contributed by atoms with Gasteiger partial charge in [-0.15, -0.1) is 0 Å². The average Bonchev–Trinajstić information content (AvgIpc) is 3.85. The number of carbonyl (C=O) groups is 5. The standard InChI is InChI=1S/C38H38N8O8/c1-38(2,3)30-20-31(44-54-30)42-37(51)41-22-7-9-23(10-8-22)45-21-40-27-19-24(11-12-28(27)45)53-18-17-52-16-15-39-26-6-4-5-25-33(26)36(50)46(35(25)49)29-13-14-32(47)43-34(29)48/h4-12,19-21,29,39H,13-18H2,1-3H3,(H,43,47,48)(H2,41,42,44,51). The lowest BCUT2D eigenvalue weighted by atomic mass is 9.93. The number of nitrogens with one attached hydrogen (secondary N) is 4. The number of imide groups is 2. The molecule has 0 spiro atoms. The van der Waals surface area contributed by atoms with Crippen LogP contribution in [0.2, 0.25) is 0 Å². The molecular weight excluding hydrogens is 696 g/mol. The minimum atomic E-state index is -1.03. The molecule has 1 saturated heterocycles. The molecule has 2 aromatic heterocycles. The van der Waals surface area contributed by atoms with Crippen LogP contribution in [0.1, 0.15) is 60.1 Å². The van der Waals surface area contributed by atoms with Gasteiger partial charge in [-0.3, -0.25) is 39.3 Å². The highest BCUT2D eigenvalue weighted by Gasteiger charge is 2.45. The molecule has 7 rings (SSSR count). The lowest BCUT2D eigenvalue weighted by Crippen LogP contribution is -2.54. The van der Waals surface area contributed by atoms with Crippen LogP contribution < -0.4 is 26.0 Å². The summed E-state index contributed by atoms with van der Waals surface area (Å²) in [5, 5.41) is 14.7. The molecular formula is C38H38N8O8. The van der Waals surface area contributed by atoms with Crippen molar-refractivity contribution in [2.45, 2.75) is 45.1 Å². The number of fused-ring (bicyclic) bond motifs is 2. The number of anilines is 3. The Morgan fingerprint density at radius 2 is 1.78 bits per heavy atom. The second-order valence-corrected chi connectivity index (χ2v) is 13.8. The highest BCUT2D eigenvalue weighted by atomic mass is 16.5. The Kier molecular flexibility index (Phi) is 9.84. The largest absolute Gasteiger partial charge is 0.491 e. The smallest absolute Gasteiger partial charge is 0.324 e. The first-order valence-electron chi connectivity index (χ1n) is 17.4. The van der Waals surface area contributed by atoms with Gasteiger partial charge in [-0.1, -0.05) is 32.0 Å². The van der Waals surface area contributed by atoms with Gasteiger partial charge in [-0.25, -0.2) is 9.78 Å². The zero-order valence-corrected chi connectivity index (χ0v) is 29.8. The second kappa shape index (κ2) is 14.8. The highest BCUT2D eigenvalue weighted by molar-refractivity contribution is 6.25. The van der Waals surface area contributed by atoms with Crippen LogP contribution >= 0.6 is 0 Å². The summed E-state index contributed by atoms with van der Waals surface area (Å²) in [6, 6.07) is 18.1. The van der Waals surface area contributed by atoms with E-state index in [1.165, 1.54) is 0 Å². The number of benzene rings is 3. The molecule has 278 valence electrons. The zero-order chi connectivity index (χ0) is 38.0. The number of hydrogen-bond acceptors (Lipinski definition) is 11. The van der Waals surface area contributed by atoms with Gasteiger partial charge in [0, 0.05) is 47.6 Å². The van der Waals surface area contributed by atoms with Crippen LogP contribution in [0.15, 0.2) is 77.6 Å². The van der Waals surface area contributed by atoms with Gasteiger partial charge < -0.3 is 24.6 Å². The van der Waals surface area contributed by atoms with Crippen LogP contribution in [0.4, 0.5) is 22.0 Å². The van der Waals surface area contributed by atoms with Gasteiger partial charge in [-0.05, 0) is 55.0 Å². The predicted molar refractivity (Wildman–Crippen MR) is 197 cm³/mol. The number of ether oxygens (including phenoxy) is 2. The summed E-state index contributed by atoms with van der Waals surface area (Å²) in [7, 11) is 0. The van der Waals surface area contributed by atoms with Crippen molar-refractivity contribution in [3.8, 4) is 11.4 Å². The number of piperidine rings is 1. The summed E-state index contributed by atoms with van der Waals surface area (Å²) in [5.74, 6) is -0.580. The van der Waals surface area contributed by atoms with Crippen molar-refractivity contribution in [2.24, 2.45) is 0 Å².